The molecule has 3 unspecified atom stereocenters. The van der Waals surface area contributed by atoms with Crippen LogP contribution in [0.5, 0.6) is 0 Å². The molecular weight excluding hydrogens is 305 g/mol. The van der Waals surface area contributed by atoms with Crippen LogP contribution in [0.4, 0.5) is 0 Å². The van der Waals surface area contributed by atoms with Crippen molar-refractivity contribution in [3.8, 4) is 0 Å². The first kappa shape index (κ1) is 15.4. The third-order valence-electron chi connectivity index (χ3n) is 3.73. The summed E-state index contributed by atoms with van der Waals surface area (Å²) in [6.07, 6.45) is 3.82. The molecule has 0 aromatic heterocycles. The van der Waals surface area contributed by atoms with Gasteiger partial charge in [-0.25, -0.2) is 0 Å². The molecule has 2 N–H and O–H groups in total. The highest BCUT2D eigenvalue weighted by atomic mass is 35.5. The first-order chi connectivity index (χ1) is 9.00. The number of hydrogen-bond donors (Lipinski definition) is 2. The van der Waals surface area contributed by atoms with E-state index in [1.54, 1.807) is 6.07 Å². The molecule has 19 heavy (non-hydrogen) atoms. The van der Waals surface area contributed by atoms with Gasteiger partial charge in [0.05, 0.1) is 21.2 Å². The zero-order valence-corrected chi connectivity index (χ0v) is 13.1. The quantitative estimate of drug-likeness (QED) is 0.797. The zero-order chi connectivity index (χ0) is 14.0. The maximum absolute atomic E-state index is 9.99. The molecule has 0 amide bonds. The number of halogens is 3. The smallest absolute Gasteiger partial charge is 0.0781 e. The Hall–Kier alpha value is 0.01000. The van der Waals surface area contributed by atoms with Gasteiger partial charge in [0.2, 0.25) is 0 Å². The Morgan fingerprint density at radius 1 is 1.16 bits per heavy atom. The van der Waals surface area contributed by atoms with E-state index in [-0.39, 0.29) is 18.2 Å². The second kappa shape index (κ2) is 6.64. The van der Waals surface area contributed by atoms with Gasteiger partial charge in [-0.2, -0.15) is 0 Å². The summed E-state index contributed by atoms with van der Waals surface area (Å²) < 4.78 is 0. The third kappa shape index (κ3) is 3.56. The molecule has 1 aliphatic rings. The van der Waals surface area contributed by atoms with E-state index in [4.69, 9.17) is 34.8 Å². The first-order valence-corrected chi connectivity index (χ1v) is 7.71. The minimum absolute atomic E-state index is 0.0278. The van der Waals surface area contributed by atoms with Crippen molar-refractivity contribution in [2.45, 2.75) is 50.8 Å². The van der Waals surface area contributed by atoms with Gasteiger partial charge in [-0.15, -0.1) is 0 Å². The van der Waals surface area contributed by atoms with E-state index in [1.807, 2.05) is 13.0 Å². The van der Waals surface area contributed by atoms with Crippen LogP contribution in [0.1, 0.15) is 44.2 Å². The van der Waals surface area contributed by atoms with Gasteiger partial charge in [0.25, 0.3) is 0 Å². The fourth-order valence-electron chi connectivity index (χ4n) is 2.59. The van der Waals surface area contributed by atoms with E-state index in [0.29, 0.717) is 15.1 Å². The summed E-state index contributed by atoms with van der Waals surface area (Å²) in [6, 6.07) is 3.78. The standard InChI is InChI=1S/C14H18Cl3NO/c1-8(18-11-4-2-3-5-12(11)19)9-6-7-10(15)14(17)13(9)16/h6-8,11-12,18-19H,2-5H2,1H3. The Morgan fingerprint density at radius 3 is 2.53 bits per heavy atom. The first-order valence-electron chi connectivity index (χ1n) is 6.58. The van der Waals surface area contributed by atoms with Crippen molar-refractivity contribution >= 4 is 34.8 Å². The Balaban J connectivity index is 2.11. The predicted octanol–water partition coefficient (Wildman–Crippen LogP) is 4.60. The Labute approximate surface area is 129 Å². The van der Waals surface area contributed by atoms with E-state index < -0.39 is 0 Å². The topological polar surface area (TPSA) is 32.3 Å². The molecule has 0 spiro atoms. The Bertz CT molecular complexity index is 453. The van der Waals surface area contributed by atoms with Gasteiger partial charge in [0.1, 0.15) is 0 Å². The molecular formula is C14H18Cl3NO. The Morgan fingerprint density at radius 2 is 1.84 bits per heavy atom. The third-order valence-corrected chi connectivity index (χ3v) is 5.03. The highest BCUT2D eigenvalue weighted by Gasteiger charge is 2.25. The van der Waals surface area contributed by atoms with Crippen LogP contribution < -0.4 is 5.32 Å². The molecule has 0 bridgehead atoms. The van der Waals surface area contributed by atoms with Crippen LogP contribution in [0, 0.1) is 0 Å². The molecule has 106 valence electrons. The van der Waals surface area contributed by atoms with Gasteiger partial charge in [0.15, 0.2) is 0 Å². The second-order valence-corrected chi connectivity index (χ2v) is 6.27. The average Bonchev–Trinajstić information content (AvgIpc) is 2.39. The molecule has 0 heterocycles. The van der Waals surface area contributed by atoms with E-state index in [0.717, 1.165) is 31.2 Å². The van der Waals surface area contributed by atoms with Crippen LogP contribution in [0.25, 0.3) is 0 Å². The van der Waals surface area contributed by atoms with Gasteiger partial charge in [-0.05, 0) is 31.4 Å². The summed E-state index contributed by atoms with van der Waals surface area (Å²) in [4.78, 5) is 0. The number of benzene rings is 1. The molecule has 2 nitrogen and oxygen atoms in total. The second-order valence-electron chi connectivity index (χ2n) is 5.11. The molecule has 1 aromatic rings. The van der Waals surface area contributed by atoms with Crippen molar-refractivity contribution < 1.29 is 5.11 Å². The van der Waals surface area contributed by atoms with Crippen LogP contribution in [0.2, 0.25) is 15.1 Å². The minimum Gasteiger partial charge on any atom is -0.392 e. The lowest BCUT2D eigenvalue weighted by molar-refractivity contribution is 0.0860. The number of hydrogen-bond acceptors (Lipinski definition) is 2. The number of aliphatic hydroxyl groups is 1. The number of aliphatic hydroxyl groups excluding tert-OH is 1. The van der Waals surface area contributed by atoms with Crippen LogP contribution >= 0.6 is 34.8 Å². The zero-order valence-electron chi connectivity index (χ0n) is 10.8. The van der Waals surface area contributed by atoms with Crippen molar-refractivity contribution in [3.63, 3.8) is 0 Å². The van der Waals surface area contributed by atoms with Crippen LogP contribution in [0.3, 0.4) is 0 Å². The molecule has 3 atom stereocenters. The number of rotatable bonds is 3. The molecule has 0 radical (unpaired) electrons. The van der Waals surface area contributed by atoms with Crippen molar-refractivity contribution in [3.05, 3.63) is 32.8 Å². The molecule has 1 aliphatic carbocycles. The maximum atomic E-state index is 9.99. The summed E-state index contributed by atoms with van der Waals surface area (Å²) in [6.45, 7) is 2.02. The van der Waals surface area contributed by atoms with Gasteiger partial charge in [0, 0.05) is 12.1 Å². The maximum Gasteiger partial charge on any atom is 0.0781 e. The van der Waals surface area contributed by atoms with Crippen molar-refractivity contribution in [2.75, 3.05) is 0 Å². The highest BCUT2D eigenvalue weighted by molar-refractivity contribution is 6.48. The number of nitrogens with one attached hydrogen (secondary N) is 1. The van der Waals surface area contributed by atoms with Crippen molar-refractivity contribution in [2.24, 2.45) is 0 Å². The van der Waals surface area contributed by atoms with Crippen LogP contribution in [-0.2, 0) is 0 Å². The van der Waals surface area contributed by atoms with E-state index in [1.165, 1.54) is 0 Å². The molecule has 0 saturated heterocycles. The molecule has 5 heteroatoms. The minimum atomic E-state index is -0.280. The normalized spacial score (nSPS) is 25.3. The lowest BCUT2D eigenvalue weighted by atomic mass is 9.91. The Kier molecular flexibility index (Phi) is 5.38. The van der Waals surface area contributed by atoms with Crippen LogP contribution in [0.15, 0.2) is 12.1 Å². The highest BCUT2D eigenvalue weighted by Crippen LogP contribution is 2.35. The molecule has 1 aromatic carbocycles. The van der Waals surface area contributed by atoms with Crippen molar-refractivity contribution in [1.82, 2.24) is 5.32 Å². The molecule has 1 saturated carbocycles. The lowest BCUT2D eigenvalue weighted by Crippen LogP contribution is -2.43. The van der Waals surface area contributed by atoms with E-state index >= 15 is 0 Å². The van der Waals surface area contributed by atoms with Crippen molar-refractivity contribution in [1.29, 1.82) is 0 Å². The summed E-state index contributed by atoms with van der Waals surface area (Å²) in [7, 11) is 0. The summed E-state index contributed by atoms with van der Waals surface area (Å²) >= 11 is 18.2. The fourth-order valence-corrected chi connectivity index (χ4v) is 3.30. The van der Waals surface area contributed by atoms with E-state index in [9.17, 15) is 5.11 Å². The fraction of sp³-hybridized carbons (Fsp3) is 0.571. The summed E-state index contributed by atoms with van der Waals surface area (Å²) in [5, 5.41) is 14.8. The van der Waals surface area contributed by atoms with Crippen LogP contribution in [-0.4, -0.2) is 17.3 Å². The summed E-state index contributed by atoms with van der Waals surface area (Å²) in [5.41, 5.74) is 0.911. The lowest BCUT2D eigenvalue weighted by Gasteiger charge is -2.31. The largest absolute Gasteiger partial charge is 0.392 e. The predicted molar refractivity (Wildman–Crippen MR) is 81.3 cm³/mol. The van der Waals surface area contributed by atoms with E-state index in [2.05, 4.69) is 5.32 Å². The summed E-state index contributed by atoms with van der Waals surface area (Å²) in [5.74, 6) is 0. The molecule has 0 aliphatic heterocycles. The van der Waals surface area contributed by atoms with Gasteiger partial charge in [-0.3, -0.25) is 0 Å². The molecule has 2 rings (SSSR count). The van der Waals surface area contributed by atoms with Gasteiger partial charge >= 0.3 is 0 Å². The average molecular weight is 323 g/mol. The monoisotopic (exact) mass is 321 g/mol. The van der Waals surface area contributed by atoms with Gasteiger partial charge in [-0.1, -0.05) is 53.7 Å². The SMILES string of the molecule is CC(NC1CCCCC1O)c1ccc(Cl)c(Cl)c1Cl. The molecule has 1 fully saturated rings. The van der Waals surface area contributed by atoms with Gasteiger partial charge < -0.3 is 10.4 Å².